The smallest absolute Gasteiger partial charge is 0.462 e. The van der Waals surface area contributed by atoms with Crippen LogP contribution in [0.4, 0.5) is 0 Å². The van der Waals surface area contributed by atoms with E-state index in [4.69, 9.17) is 37.0 Å². The number of esters is 4. The summed E-state index contributed by atoms with van der Waals surface area (Å²) in [7, 11) is -9.91. The van der Waals surface area contributed by atoms with Crippen molar-refractivity contribution in [1.29, 1.82) is 0 Å². The summed E-state index contributed by atoms with van der Waals surface area (Å²) in [4.78, 5) is 72.7. The molecular weight excluding hydrogens is 1230 g/mol. The largest absolute Gasteiger partial charge is 0.472 e. The van der Waals surface area contributed by atoms with Gasteiger partial charge in [-0.3, -0.25) is 37.3 Å². The Bertz CT molecular complexity index is 1850. The normalized spacial score (nSPS) is 14.4. The number of phosphoric acid groups is 2. The Labute approximate surface area is 575 Å². The van der Waals surface area contributed by atoms with Crippen molar-refractivity contribution in [2.75, 3.05) is 39.6 Å². The number of hydrogen-bond donors (Lipinski definition) is 3. The first-order valence-electron chi connectivity index (χ1n) is 38.7. The maximum Gasteiger partial charge on any atom is 0.472 e. The lowest BCUT2D eigenvalue weighted by molar-refractivity contribution is -0.161. The zero-order chi connectivity index (χ0) is 69.6. The fourth-order valence-corrected chi connectivity index (χ4v) is 12.9. The molecule has 0 amide bonds. The van der Waals surface area contributed by atoms with E-state index in [-0.39, 0.29) is 25.7 Å². The number of aliphatic hydroxyl groups excluding tert-OH is 1. The van der Waals surface area contributed by atoms with Crippen LogP contribution in [0.3, 0.4) is 0 Å². The topological polar surface area (TPSA) is 237 Å². The molecule has 94 heavy (non-hydrogen) atoms. The van der Waals surface area contributed by atoms with E-state index in [2.05, 4.69) is 55.4 Å². The molecule has 6 atom stereocenters. The van der Waals surface area contributed by atoms with E-state index in [9.17, 15) is 43.2 Å². The van der Waals surface area contributed by atoms with Crippen LogP contribution in [0, 0.1) is 23.7 Å². The highest BCUT2D eigenvalue weighted by Crippen LogP contribution is 2.45. The number of hydrogen-bond acceptors (Lipinski definition) is 15. The first kappa shape index (κ1) is 92.1. The van der Waals surface area contributed by atoms with Crippen LogP contribution in [0.2, 0.25) is 0 Å². The highest BCUT2D eigenvalue weighted by Gasteiger charge is 2.30. The van der Waals surface area contributed by atoms with Crippen LogP contribution in [0.1, 0.15) is 376 Å². The van der Waals surface area contributed by atoms with Gasteiger partial charge in [0.2, 0.25) is 0 Å². The molecule has 0 saturated heterocycles. The molecule has 0 aliphatic heterocycles. The SMILES string of the molecule is CCC(C)CCCCCCCCC(=O)O[C@H](COC(=O)CCCCCCCCCCCCCCCCCC(C)C)COP(=O)(O)OCC(O)COP(=O)(O)OC[C@@H](COC(=O)CCCCCCCCC(C)C)OC(=O)CCCCCCCCCCCCCCCCC(C)C. The Balaban J connectivity index is 5.17. The molecule has 0 heterocycles. The molecule has 0 saturated carbocycles. The molecule has 0 bridgehead atoms. The summed E-state index contributed by atoms with van der Waals surface area (Å²) in [5.74, 6) is 0.874. The second-order valence-corrected chi connectivity index (χ2v) is 31.6. The van der Waals surface area contributed by atoms with Crippen molar-refractivity contribution in [2.24, 2.45) is 23.7 Å². The molecule has 0 radical (unpaired) electrons. The third-order valence-electron chi connectivity index (χ3n) is 17.7. The van der Waals surface area contributed by atoms with E-state index in [0.29, 0.717) is 31.6 Å². The first-order valence-corrected chi connectivity index (χ1v) is 41.7. The average molecular weight is 1380 g/mol. The Morgan fingerprint density at radius 1 is 0.298 bits per heavy atom. The Morgan fingerprint density at radius 3 is 0.755 bits per heavy atom. The number of phosphoric ester groups is 2. The van der Waals surface area contributed by atoms with E-state index in [0.717, 1.165) is 114 Å². The lowest BCUT2D eigenvalue weighted by Crippen LogP contribution is -2.30. The molecule has 0 fully saturated rings. The molecule has 0 rings (SSSR count). The van der Waals surface area contributed by atoms with E-state index in [1.807, 2.05) is 0 Å². The van der Waals surface area contributed by atoms with Crippen molar-refractivity contribution in [2.45, 2.75) is 395 Å². The highest BCUT2D eigenvalue weighted by molar-refractivity contribution is 7.47. The van der Waals surface area contributed by atoms with Gasteiger partial charge in [0.05, 0.1) is 26.4 Å². The zero-order valence-corrected chi connectivity index (χ0v) is 63.4. The summed E-state index contributed by atoms with van der Waals surface area (Å²) < 4.78 is 68.4. The van der Waals surface area contributed by atoms with Crippen molar-refractivity contribution in [1.82, 2.24) is 0 Å². The fraction of sp³-hybridized carbons (Fsp3) is 0.947. The van der Waals surface area contributed by atoms with Crippen molar-refractivity contribution in [3.63, 3.8) is 0 Å². The van der Waals surface area contributed by atoms with Gasteiger partial charge in [-0.1, -0.05) is 325 Å². The van der Waals surface area contributed by atoms with Gasteiger partial charge in [0.1, 0.15) is 19.3 Å². The fourth-order valence-electron chi connectivity index (χ4n) is 11.3. The molecule has 0 aliphatic carbocycles. The lowest BCUT2D eigenvalue weighted by atomic mass is 10.00. The van der Waals surface area contributed by atoms with Crippen LogP contribution in [0.25, 0.3) is 0 Å². The maximum absolute atomic E-state index is 13.0. The van der Waals surface area contributed by atoms with Gasteiger partial charge in [-0.25, -0.2) is 9.13 Å². The maximum atomic E-state index is 13.0. The first-order chi connectivity index (χ1) is 45.1. The molecule has 4 unspecified atom stereocenters. The Hall–Kier alpha value is -1.94. The number of rotatable bonds is 72. The van der Waals surface area contributed by atoms with Crippen LogP contribution >= 0.6 is 15.6 Å². The van der Waals surface area contributed by atoms with Gasteiger partial charge < -0.3 is 33.8 Å². The Kier molecular flexibility index (Phi) is 63.1. The van der Waals surface area contributed by atoms with Gasteiger partial charge >= 0.3 is 39.5 Å². The second kappa shape index (κ2) is 64.4. The van der Waals surface area contributed by atoms with Gasteiger partial charge in [0, 0.05) is 25.7 Å². The van der Waals surface area contributed by atoms with E-state index >= 15 is 0 Å². The van der Waals surface area contributed by atoms with Crippen LogP contribution in [-0.2, 0) is 65.4 Å². The monoisotopic (exact) mass is 1380 g/mol. The number of carbonyl (C=O) groups is 4. The van der Waals surface area contributed by atoms with Crippen LogP contribution in [0.15, 0.2) is 0 Å². The predicted octanol–water partition coefficient (Wildman–Crippen LogP) is 21.7. The van der Waals surface area contributed by atoms with E-state index in [1.54, 1.807) is 0 Å². The molecule has 3 N–H and O–H groups in total. The van der Waals surface area contributed by atoms with Gasteiger partial charge in [0.25, 0.3) is 0 Å². The summed E-state index contributed by atoms with van der Waals surface area (Å²) in [6.07, 6.45) is 48.8. The molecule has 17 nitrogen and oxygen atoms in total. The van der Waals surface area contributed by atoms with Crippen molar-refractivity contribution in [3.8, 4) is 0 Å². The predicted molar refractivity (Wildman–Crippen MR) is 381 cm³/mol. The van der Waals surface area contributed by atoms with Crippen molar-refractivity contribution in [3.05, 3.63) is 0 Å². The third-order valence-corrected chi connectivity index (χ3v) is 19.6. The summed E-state index contributed by atoms with van der Waals surface area (Å²) in [6.45, 7) is 14.1. The van der Waals surface area contributed by atoms with Gasteiger partial charge in [-0.05, 0) is 49.4 Å². The standard InChI is InChI=1S/C75H146O17P2/c1-9-68(8)54-46-38-32-34-42-50-58-75(80)92-71(61-85-72(77)55-47-39-29-25-21-17-12-10-11-15-19-23-27-35-43-51-65(2)3)64-90-94(83,84)88-60-69(76)59-87-93(81,82)89-63-70(62-86-73(78)56-48-40-33-31-37-45-53-67(6)7)91-74(79)57-49-41-30-26-22-18-14-13-16-20-24-28-36-44-52-66(4)5/h65-71,76H,9-64H2,1-8H3,(H,81,82)(H,83,84)/t68?,69?,70-,71-/m1/s1. The highest BCUT2D eigenvalue weighted by atomic mass is 31.2. The minimum atomic E-state index is -4.95. The van der Waals surface area contributed by atoms with Crippen LogP contribution < -0.4 is 0 Å². The molecule has 0 aromatic rings. The van der Waals surface area contributed by atoms with Gasteiger partial charge in [-0.2, -0.15) is 0 Å². The minimum absolute atomic E-state index is 0.103. The quantitative estimate of drug-likeness (QED) is 0.0222. The summed E-state index contributed by atoms with van der Waals surface area (Å²) in [5, 5.41) is 10.6. The van der Waals surface area contributed by atoms with Crippen LogP contribution in [0.5, 0.6) is 0 Å². The molecule has 0 spiro atoms. The van der Waals surface area contributed by atoms with Crippen LogP contribution in [-0.4, -0.2) is 96.7 Å². The van der Waals surface area contributed by atoms with Gasteiger partial charge in [-0.15, -0.1) is 0 Å². The number of ether oxygens (including phenoxy) is 4. The Morgan fingerprint density at radius 2 is 0.511 bits per heavy atom. The van der Waals surface area contributed by atoms with E-state index in [1.165, 1.54) is 173 Å². The number of carbonyl (C=O) groups excluding carboxylic acids is 4. The summed E-state index contributed by atoms with van der Waals surface area (Å²) in [6, 6.07) is 0. The zero-order valence-electron chi connectivity index (χ0n) is 61.6. The van der Waals surface area contributed by atoms with Crippen molar-refractivity contribution < 1.29 is 80.2 Å². The molecule has 0 aromatic heterocycles. The average Bonchev–Trinajstić information content (AvgIpc) is 1.50. The van der Waals surface area contributed by atoms with Crippen molar-refractivity contribution >= 4 is 39.5 Å². The molecule has 19 heteroatoms. The minimum Gasteiger partial charge on any atom is -0.462 e. The number of aliphatic hydroxyl groups is 1. The third kappa shape index (κ3) is 67.3. The summed E-state index contributed by atoms with van der Waals surface area (Å²) in [5.41, 5.74) is 0. The molecule has 558 valence electrons. The van der Waals surface area contributed by atoms with E-state index < -0.39 is 97.5 Å². The molecular formula is C75H146O17P2. The molecule has 0 aromatic carbocycles. The van der Waals surface area contributed by atoms with Gasteiger partial charge in [0.15, 0.2) is 12.2 Å². The lowest BCUT2D eigenvalue weighted by Gasteiger charge is -2.21. The molecule has 0 aliphatic rings. The second-order valence-electron chi connectivity index (χ2n) is 28.7. The number of unbranched alkanes of at least 4 members (excludes halogenated alkanes) is 37. The summed E-state index contributed by atoms with van der Waals surface area (Å²) >= 11 is 0.